The lowest BCUT2D eigenvalue weighted by atomic mass is 9.80. The Labute approximate surface area is 241 Å². The molecule has 0 bridgehead atoms. The van der Waals surface area contributed by atoms with Gasteiger partial charge in [0.05, 0.1) is 11.7 Å². The lowest BCUT2D eigenvalue weighted by Crippen LogP contribution is -2.46. The van der Waals surface area contributed by atoms with E-state index in [0.717, 1.165) is 63.1 Å². The summed E-state index contributed by atoms with van der Waals surface area (Å²) in [5, 5.41) is 5.11. The lowest BCUT2D eigenvalue weighted by Gasteiger charge is -2.41. The second kappa shape index (κ2) is 12.1. The summed E-state index contributed by atoms with van der Waals surface area (Å²) in [4.78, 5) is 26.3. The molecule has 7 nitrogen and oxygen atoms in total. The van der Waals surface area contributed by atoms with Crippen molar-refractivity contribution in [3.8, 4) is 0 Å². The molecule has 0 aliphatic carbocycles. The maximum Gasteiger partial charge on any atom is 0.410 e. The number of nitrogens with zero attached hydrogens (tertiary/aromatic N) is 4. The molecule has 2 aromatic rings. The molecular formula is C28H38Cl3N5O2. The molecule has 2 atom stereocenters. The normalized spacial score (nSPS) is 19.8. The van der Waals surface area contributed by atoms with Crippen LogP contribution in [0.25, 0.3) is 0 Å². The minimum atomic E-state index is -0.474. The van der Waals surface area contributed by atoms with E-state index >= 15 is 0 Å². The molecule has 10 heteroatoms. The SMILES string of the molecule is Cc1nc(N2CCC(C3CCCN(C(=O)OC(C)(C)C)C3)CC2)nc(NC(C)c2ccc(Cl)cc2Cl)c1Cl. The highest BCUT2D eigenvalue weighted by Crippen LogP contribution is 2.35. The Bertz CT molecular complexity index is 1150. The zero-order valence-corrected chi connectivity index (χ0v) is 25.1. The summed E-state index contributed by atoms with van der Waals surface area (Å²) in [7, 11) is 0. The molecule has 2 aliphatic rings. The van der Waals surface area contributed by atoms with Crippen molar-refractivity contribution in [1.82, 2.24) is 14.9 Å². The van der Waals surface area contributed by atoms with Crippen LogP contribution < -0.4 is 10.2 Å². The van der Waals surface area contributed by atoms with Crippen LogP contribution in [0.1, 0.15) is 70.7 Å². The van der Waals surface area contributed by atoms with Gasteiger partial charge < -0.3 is 19.9 Å². The van der Waals surface area contributed by atoms with Crippen molar-refractivity contribution in [3.05, 3.63) is 44.5 Å². The molecule has 1 aromatic heterocycles. The Morgan fingerprint density at radius 1 is 1.08 bits per heavy atom. The van der Waals surface area contributed by atoms with Gasteiger partial charge in [0, 0.05) is 36.2 Å². The van der Waals surface area contributed by atoms with E-state index in [9.17, 15) is 4.79 Å². The highest BCUT2D eigenvalue weighted by atomic mass is 35.5. The fourth-order valence-corrected chi connectivity index (χ4v) is 6.09. The number of anilines is 2. The molecule has 208 valence electrons. The largest absolute Gasteiger partial charge is 0.444 e. The van der Waals surface area contributed by atoms with Crippen LogP contribution in [0.15, 0.2) is 18.2 Å². The van der Waals surface area contributed by atoms with Crippen molar-refractivity contribution < 1.29 is 9.53 Å². The van der Waals surface area contributed by atoms with Gasteiger partial charge in [0.2, 0.25) is 5.95 Å². The number of carbonyl (C=O) groups is 1. The molecule has 0 saturated carbocycles. The quantitative estimate of drug-likeness (QED) is 0.388. The standard InChI is InChI=1S/C28H38Cl3N5O2/c1-17(22-9-8-21(29)15-23(22)30)32-25-24(31)18(2)33-26(34-25)35-13-10-19(11-14-35)20-7-6-12-36(16-20)27(37)38-28(3,4)5/h8-9,15,17,19-20H,6-7,10-14,16H2,1-5H3,(H,32,33,34). The number of halogens is 3. The number of hydrogen-bond acceptors (Lipinski definition) is 6. The summed E-state index contributed by atoms with van der Waals surface area (Å²) in [5.74, 6) is 2.33. The van der Waals surface area contributed by atoms with Crippen LogP contribution in [0.2, 0.25) is 15.1 Å². The Morgan fingerprint density at radius 3 is 2.45 bits per heavy atom. The molecule has 1 N–H and O–H groups in total. The number of aromatic nitrogens is 2. The molecule has 2 aliphatic heterocycles. The van der Waals surface area contributed by atoms with Gasteiger partial charge in [-0.3, -0.25) is 0 Å². The first-order valence-corrected chi connectivity index (χ1v) is 14.5. The van der Waals surface area contributed by atoms with E-state index in [2.05, 4.69) is 10.2 Å². The van der Waals surface area contributed by atoms with Crippen LogP contribution in [0, 0.1) is 18.8 Å². The summed E-state index contributed by atoms with van der Waals surface area (Å²) in [5.41, 5.74) is 1.17. The van der Waals surface area contributed by atoms with Crippen LogP contribution in [-0.4, -0.2) is 52.7 Å². The van der Waals surface area contributed by atoms with Gasteiger partial charge >= 0.3 is 6.09 Å². The van der Waals surface area contributed by atoms with E-state index in [0.29, 0.717) is 38.7 Å². The van der Waals surface area contributed by atoms with Crippen molar-refractivity contribution in [2.24, 2.45) is 11.8 Å². The summed E-state index contributed by atoms with van der Waals surface area (Å²) in [6.07, 6.45) is 4.06. The molecule has 1 amide bonds. The average Bonchev–Trinajstić information content (AvgIpc) is 2.85. The van der Waals surface area contributed by atoms with Crippen molar-refractivity contribution in [3.63, 3.8) is 0 Å². The van der Waals surface area contributed by atoms with Crippen molar-refractivity contribution in [2.75, 3.05) is 36.4 Å². The number of aryl methyl sites for hydroxylation is 1. The maximum atomic E-state index is 12.6. The van der Waals surface area contributed by atoms with Gasteiger partial charge in [-0.05, 0) is 89.8 Å². The predicted octanol–water partition coefficient (Wildman–Crippen LogP) is 7.78. The number of likely N-dealkylation sites (tertiary alicyclic amines) is 1. The molecule has 1 aromatic carbocycles. The van der Waals surface area contributed by atoms with E-state index in [-0.39, 0.29) is 12.1 Å². The zero-order valence-electron chi connectivity index (χ0n) is 22.9. The van der Waals surface area contributed by atoms with E-state index < -0.39 is 5.60 Å². The first-order chi connectivity index (χ1) is 17.9. The third-order valence-electron chi connectivity index (χ3n) is 7.39. The molecular weight excluding hydrogens is 545 g/mol. The highest BCUT2D eigenvalue weighted by Gasteiger charge is 2.34. The lowest BCUT2D eigenvalue weighted by molar-refractivity contribution is 0.0119. The molecule has 38 heavy (non-hydrogen) atoms. The summed E-state index contributed by atoms with van der Waals surface area (Å²) < 4.78 is 5.62. The number of hydrogen-bond donors (Lipinski definition) is 1. The van der Waals surface area contributed by atoms with E-state index in [4.69, 9.17) is 49.5 Å². The van der Waals surface area contributed by atoms with E-state index in [1.54, 1.807) is 6.07 Å². The number of carbonyl (C=O) groups excluding carboxylic acids is 1. The number of rotatable bonds is 5. The fraction of sp³-hybridized carbons (Fsp3) is 0.607. The van der Waals surface area contributed by atoms with Gasteiger partial charge in [-0.15, -0.1) is 0 Å². The Kier molecular flexibility index (Phi) is 9.21. The van der Waals surface area contributed by atoms with Crippen molar-refractivity contribution >= 4 is 52.7 Å². The topological polar surface area (TPSA) is 70.6 Å². The number of ether oxygens (including phenoxy) is 1. The zero-order chi connectivity index (χ0) is 27.6. The van der Waals surface area contributed by atoms with Gasteiger partial charge in [0.1, 0.15) is 10.6 Å². The third kappa shape index (κ3) is 7.16. The minimum absolute atomic E-state index is 0.121. The maximum absolute atomic E-state index is 12.6. The molecule has 3 heterocycles. The first-order valence-electron chi connectivity index (χ1n) is 13.4. The van der Waals surface area contributed by atoms with E-state index in [1.165, 1.54) is 0 Å². The Hall–Kier alpha value is -1.96. The van der Waals surface area contributed by atoms with Crippen LogP contribution in [-0.2, 0) is 4.74 Å². The average molecular weight is 583 g/mol. The second-order valence-corrected chi connectivity index (χ2v) is 12.7. The highest BCUT2D eigenvalue weighted by molar-refractivity contribution is 6.35. The first kappa shape index (κ1) is 29.0. The number of amides is 1. The Balaban J connectivity index is 1.39. The van der Waals surface area contributed by atoms with Crippen LogP contribution in [0.3, 0.4) is 0 Å². The number of piperidine rings is 2. The monoisotopic (exact) mass is 581 g/mol. The second-order valence-electron chi connectivity index (χ2n) is 11.5. The van der Waals surface area contributed by atoms with Crippen LogP contribution >= 0.6 is 34.8 Å². The molecule has 2 saturated heterocycles. The summed E-state index contributed by atoms with van der Waals surface area (Å²) >= 11 is 19.1. The fourth-order valence-electron chi connectivity index (χ4n) is 5.38. The molecule has 4 rings (SSSR count). The summed E-state index contributed by atoms with van der Waals surface area (Å²) in [6.45, 7) is 12.9. The predicted molar refractivity (Wildman–Crippen MR) is 156 cm³/mol. The van der Waals surface area contributed by atoms with E-state index in [1.807, 2.05) is 51.7 Å². The van der Waals surface area contributed by atoms with Gasteiger partial charge in [0.25, 0.3) is 0 Å². The van der Waals surface area contributed by atoms with Crippen LogP contribution in [0.5, 0.6) is 0 Å². The van der Waals surface area contributed by atoms with Gasteiger partial charge in [-0.1, -0.05) is 40.9 Å². The smallest absolute Gasteiger partial charge is 0.410 e. The summed E-state index contributed by atoms with van der Waals surface area (Å²) in [6, 6.07) is 5.34. The molecule has 0 radical (unpaired) electrons. The van der Waals surface area contributed by atoms with Gasteiger partial charge in [-0.2, -0.15) is 4.98 Å². The molecule has 2 unspecified atom stereocenters. The minimum Gasteiger partial charge on any atom is -0.444 e. The number of benzene rings is 1. The Morgan fingerprint density at radius 2 is 1.79 bits per heavy atom. The molecule has 2 fully saturated rings. The van der Waals surface area contributed by atoms with Gasteiger partial charge in [0.15, 0.2) is 5.82 Å². The van der Waals surface area contributed by atoms with Gasteiger partial charge in [-0.25, -0.2) is 9.78 Å². The molecule has 0 spiro atoms. The third-order valence-corrected chi connectivity index (χ3v) is 8.40. The number of nitrogens with one attached hydrogen (secondary N) is 1. The van der Waals surface area contributed by atoms with Crippen molar-refractivity contribution in [1.29, 1.82) is 0 Å². The van der Waals surface area contributed by atoms with Crippen LogP contribution in [0.4, 0.5) is 16.6 Å². The van der Waals surface area contributed by atoms with Crippen molar-refractivity contribution in [2.45, 2.75) is 71.9 Å².